The normalized spacial score (nSPS) is 9.32. The molecule has 2 rings (SSSR count). The summed E-state index contributed by atoms with van der Waals surface area (Å²) in [4.78, 5) is 21.5. The van der Waals surface area contributed by atoms with Crippen LogP contribution >= 0.6 is 0 Å². The van der Waals surface area contributed by atoms with Gasteiger partial charge in [0.25, 0.3) is 0 Å². The van der Waals surface area contributed by atoms with Crippen LogP contribution in [0.25, 0.3) is 0 Å². The first-order valence-corrected chi connectivity index (χ1v) is 7.39. The van der Waals surface area contributed by atoms with E-state index in [0.717, 1.165) is 6.29 Å². The number of carbonyl (C=O) groups excluding carboxylic acids is 2. The van der Waals surface area contributed by atoms with Crippen molar-refractivity contribution in [3.05, 3.63) is 47.5 Å². The third-order valence-corrected chi connectivity index (χ3v) is 3.27. The molecule has 0 bridgehead atoms. The number of hydrogen-bond donors (Lipinski definition) is 0. The highest BCUT2D eigenvalue weighted by Gasteiger charge is 2.04. The molecule has 0 aliphatic carbocycles. The monoisotopic (exact) mass is 346 g/mol. The van der Waals surface area contributed by atoms with Gasteiger partial charge in [0, 0.05) is 23.3 Å². The zero-order chi connectivity index (χ0) is 18.8. The summed E-state index contributed by atoms with van der Waals surface area (Å²) < 4.78 is 20.0. The molecule has 2 aromatic carbocycles. The Morgan fingerprint density at radius 2 is 1.08 bits per heavy atom. The molecule has 0 aromatic heterocycles. The van der Waals surface area contributed by atoms with E-state index in [2.05, 4.69) is 0 Å². The predicted molar refractivity (Wildman–Crippen MR) is 94.5 cm³/mol. The Morgan fingerprint density at radius 1 is 0.720 bits per heavy atom. The molecule has 0 fully saturated rings. The van der Waals surface area contributed by atoms with E-state index in [0.29, 0.717) is 34.1 Å². The molecule has 25 heavy (non-hydrogen) atoms. The first kappa shape index (κ1) is 20.0. The maximum Gasteiger partial charge on any atom is 0.160 e. The van der Waals surface area contributed by atoms with E-state index in [9.17, 15) is 9.59 Å². The molecule has 0 radical (unpaired) electrons. The number of Topliss-reactive ketones (excluding diaryl/α,β-unsaturated/α-hetero) is 1. The van der Waals surface area contributed by atoms with E-state index in [1.807, 2.05) is 0 Å². The van der Waals surface area contributed by atoms with Gasteiger partial charge in [-0.1, -0.05) is 0 Å². The third-order valence-electron chi connectivity index (χ3n) is 3.27. The van der Waals surface area contributed by atoms with Crippen molar-refractivity contribution < 1.29 is 28.5 Å². The predicted octanol–water partition coefficient (Wildman–Crippen LogP) is 3.42. The zero-order valence-electron chi connectivity index (χ0n) is 15.0. The first-order chi connectivity index (χ1) is 12.0. The number of ether oxygens (including phenoxy) is 4. The van der Waals surface area contributed by atoms with Gasteiger partial charge in [-0.05, 0) is 31.2 Å². The van der Waals surface area contributed by atoms with Crippen LogP contribution in [0.2, 0.25) is 0 Å². The minimum atomic E-state index is -0.00259. The van der Waals surface area contributed by atoms with Crippen LogP contribution in [0, 0.1) is 0 Å². The second kappa shape index (κ2) is 9.97. The van der Waals surface area contributed by atoms with Crippen LogP contribution in [-0.2, 0) is 0 Å². The average Bonchev–Trinajstić information content (AvgIpc) is 2.67. The van der Waals surface area contributed by atoms with E-state index < -0.39 is 0 Å². The van der Waals surface area contributed by atoms with Crippen molar-refractivity contribution in [3.63, 3.8) is 0 Å². The minimum absolute atomic E-state index is 0.00259. The van der Waals surface area contributed by atoms with Crippen LogP contribution in [0.15, 0.2) is 36.4 Å². The van der Waals surface area contributed by atoms with E-state index in [1.165, 1.54) is 6.92 Å². The van der Waals surface area contributed by atoms with Gasteiger partial charge in [-0.2, -0.15) is 0 Å². The van der Waals surface area contributed by atoms with E-state index in [-0.39, 0.29) is 5.78 Å². The fourth-order valence-corrected chi connectivity index (χ4v) is 1.91. The number of benzene rings is 2. The molecule has 0 saturated heterocycles. The van der Waals surface area contributed by atoms with Gasteiger partial charge in [-0.25, -0.2) is 0 Å². The van der Waals surface area contributed by atoms with Crippen LogP contribution in [0.4, 0.5) is 0 Å². The Kier molecular flexibility index (Phi) is 7.99. The van der Waals surface area contributed by atoms with Gasteiger partial charge in [0.15, 0.2) is 5.78 Å². The number of aldehydes is 1. The number of methoxy groups -OCH3 is 4. The van der Waals surface area contributed by atoms with Crippen LogP contribution in [-0.4, -0.2) is 40.5 Å². The average molecular weight is 346 g/mol. The number of ketones is 1. The Balaban J connectivity index is 0.000000251. The molecule has 6 nitrogen and oxygen atoms in total. The number of hydrogen-bond acceptors (Lipinski definition) is 6. The minimum Gasteiger partial charge on any atom is -0.497 e. The molecule has 6 heteroatoms. The Hall–Kier alpha value is -3.02. The van der Waals surface area contributed by atoms with Crippen molar-refractivity contribution in [2.24, 2.45) is 0 Å². The van der Waals surface area contributed by atoms with Crippen LogP contribution in [0.1, 0.15) is 27.6 Å². The van der Waals surface area contributed by atoms with Gasteiger partial charge in [0.2, 0.25) is 0 Å². The SMILES string of the molecule is COc1cc(C=O)cc(OC)c1.COc1cc(OC)cc(C(C)=O)c1. The van der Waals surface area contributed by atoms with Crippen LogP contribution < -0.4 is 18.9 Å². The van der Waals surface area contributed by atoms with Gasteiger partial charge in [0.05, 0.1) is 28.4 Å². The molecule has 0 saturated carbocycles. The molecule has 0 unspecified atom stereocenters. The molecule has 134 valence electrons. The topological polar surface area (TPSA) is 71.1 Å². The maximum atomic E-state index is 11.1. The van der Waals surface area contributed by atoms with Crippen LogP contribution in [0.3, 0.4) is 0 Å². The van der Waals surface area contributed by atoms with Gasteiger partial charge in [0.1, 0.15) is 29.3 Å². The van der Waals surface area contributed by atoms with Crippen molar-refractivity contribution in [2.45, 2.75) is 6.92 Å². The third kappa shape index (κ3) is 6.18. The first-order valence-electron chi connectivity index (χ1n) is 7.39. The highest BCUT2D eigenvalue weighted by molar-refractivity contribution is 5.94. The van der Waals surface area contributed by atoms with Crippen molar-refractivity contribution in [3.8, 4) is 23.0 Å². The van der Waals surface area contributed by atoms with E-state index >= 15 is 0 Å². The summed E-state index contributed by atoms with van der Waals surface area (Å²) in [5, 5.41) is 0. The lowest BCUT2D eigenvalue weighted by Gasteiger charge is -2.05. The fraction of sp³-hybridized carbons (Fsp3) is 0.263. The summed E-state index contributed by atoms with van der Waals surface area (Å²) in [6, 6.07) is 10.1. The van der Waals surface area contributed by atoms with Crippen LogP contribution in [0.5, 0.6) is 23.0 Å². The lowest BCUT2D eigenvalue weighted by Crippen LogP contribution is -1.95. The molecule has 0 spiro atoms. The van der Waals surface area contributed by atoms with Gasteiger partial charge < -0.3 is 18.9 Å². The molecule has 0 atom stereocenters. The molecule has 0 amide bonds. The molecule has 0 aliphatic heterocycles. The van der Waals surface area contributed by atoms with Gasteiger partial charge >= 0.3 is 0 Å². The molecule has 0 N–H and O–H groups in total. The Bertz CT molecular complexity index is 679. The second-order valence-electron chi connectivity index (χ2n) is 4.92. The smallest absolute Gasteiger partial charge is 0.160 e. The standard InChI is InChI=1S/C10H12O3.C9H10O3/c1-7(11)8-4-9(12-2)6-10(5-8)13-3;1-11-8-3-7(6-10)4-9(5-8)12-2/h4-6H,1-3H3;3-6H,1-2H3. The molecule has 2 aromatic rings. The van der Waals surface area contributed by atoms with Gasteiger partial charge in [-0.15, -0.1) is 0 Å². The second-order valence-corrected chi connectivity index (χ2v) is 4.92. The number of rotatable bonds is 6. The maximum absolute atomic E-state index is 11.1. The lowest BCUT2D eigenvalue weighted by molar-refractivity contribution is 0.101. The van der Waals surface area contributed by atoms with Crippen molar-refractivity contribution in [1.29, 1.82) is 0 Å². The highest BCUT2D eigenvalue weighted by Crippen LogP contribution is 2.22. The van der Waals surface area contributed by atoms with Crippen molar-refractivity contribution >= 4 is 12.1 Å². The Labute approximate surface area is 147 Å². The summed E-state index contributed by atoms with van der Waals surface area (Å²) in [6.45, 7) is 1.51. The molecular weight excluding hydrogens is 324 g/mol. The fourth-order valence-electron chi connectivity index (χ4n) is 1.91. The summed E-state index contributed by atoms with van der Waals surface area (Å²) in [5.74, 6) is 2.50. The lowest BCUT2D eigenvalue weighted by atomic mass is 10.1. The van der Waals surface area contributed by atoms with E-state index in [1.54, 1.807) is 64.8 Å². The van der Waals surface area contributed by atoms with Crippen molar-refractivity contribution in [2.75, 3.05) is 28.4 Å². The van der Waals surface area contributed by atoms with Gasteiger partial charge in [-0.3, -0.25) is 9.59 Å². The summed E-state index contributed by atoms with van der Waals surface area (Å²) in [6.07, 6.45) is 0.755. The zero-order valence-corrected chi connectivity index (χ0v) is 15.0. The summed E-state index contributed by atoms with van der Waals surface area (Å²) >= 11 is 0. The summed E-state index contributed by atoms with van der Waals surface area (Å²) in [5.41, 5.74) is 1.14. The quantitative estimate of drug-likeness (QED) is 0.589. The molecular formula is C19H22O6. The molecule has 0 heterocycles. The van der Waals surface area contributed by atoms with E-state index in [4.69, 9.17) is 18.9 Å². The van der Waals surface area contributed by atoms with Crippen molar-refractivity contribution in [1.82, 2.24) is 0 Å². The Morgan fingerprint density at radius 3 is 1.36 bits per heavy atom. The largest absolute Gasteiger partial charge is 0.497 e. The highest BCUT2D eigenvalue weighted by atomic mass is 16.5. The summed E-state index contributed by atoms with van der Waals surface area (Å²) in [7, 11) is 6.20. The number of carbonyl (C=O) groups is 2. The molecule has 0 aliphatic rings.